The van der Waals surface area contributed by atoms with Gasteiger partial charge in [0.15, 0.2) is 0 Å². The largest absolute Gasteiger partial charge is 0.545 e. The van der Waals surface area contributed by atoms with Crippen LogP contribution < -0.4 is 4.90 Å². The summed E-state index contributed by atoms with van der Waals surface area (Å²) >= 11 is 0. The monoisotopic (exact) mass is 592 g/mol. The molecule has 37 heavy (non-hydrogen) atoms. The Kier molecular flexibility index (Phi) is 12.5. The number of rotatable bonds is 5. The third-order valence-corrected chi connectivity index (χ3v) is 6.56. The van der Waals surface area contributed by atoms with Crippen molar-refractivity contribution in [3.8, 4) is 0 Å². The number of benzene rings is 3. The van der Waals surface area contributed by atoms with Gasteiger partial charge in [-0.15, -0.1) is 0 Å². The Morgan fingerprint density at radius 3 is 1.92 bits per heavy atom. The number of amides is 1. The number of aliphatic hydroxyl groups is 3. The summed E-state index contributed by atoms with van der Waals surface area (Å²) < 4.78 is 4.94. The van der Waals surface area contributed by atoms with Crippen LogP contribution in [0.4, 0.5) is 5.69 Å². The van der Waals surface area contributed by atoms with Gasteiger partial charge in [0.25, 0.3) is 0 Å². The SMILES string of the molecule is CC[C@@H]1O[CH-][C@@H](O)[C@H](O)[C@H]1O.O=C1C(Cc2ccccc2)C(c2ccccc2)N1c1ccccc1.[Co].[Co]. The minimum Gasteiger partial charge on any atom is -0.545 e. The molecule has 3 aromatic carbocycles. The summed E-state index contributed by atoms with van der Waals surface area (Å²) in [7, 11) is 0. The van der Waals surface area contributed by atoms with Crippen LogP contribution in [-0.2, 0) is 49.5 Å². The second-order valence-electron chi connectivity index (χ2n) is 8.89. The number of aliphatic hydroxyl groups excluding tert-OH is 3. The second-order valence-corrected chi connectivity index (χ2v) is 8.89. The van der Waals surface area contributed by atoms with E-state index in [0.717, 1.165) is 18.7 Å². The number of ether oxygens (including phenoxy) is 1. The molecule has 0 bridgehead atoms. The fraction of sp³-hybridized carbons (Fsp3) is 0.310. The molecule has 2 radical (unpaired) electrons. The number of nitrogens with zero attached hydrogens (tertiary/aromatic N) is 1. The van der Waals surface area contributed by atoms with E-state index in [1.165, 1.54) is 11.1 Å². The quantitative estimate of drug-likeness (QED) is 0.311. The van der Waals surface area contributed by atoms with Crippen molar-refractivity contribution >= 4 is 11.6 Å². The molecule has 2 aliphatic heterocycles. The van der Waals surface area contributed by atoms with Gasteiger partial charge in [-0.25, -0.2) is 0 Å². The van der Waals surface area contributed by atoms with Crippen LogP contribution in [0.1, 0.15) is 30.5 Å². The van der Waals surface area contributed by atoms with E-state index in [1.807, 2.05) is 78.6 Å². The predicted molar refractivity (Wildman–Crippen MR) is 134 cm³/mol. The standard InChI is InChI=1S/C22H19NO.C7H13O4.2Co/c24-22-20(16-17-10-4-1-5-11-17)21(18-12-6-2-7-13-18)23(22)19-14-8-3-9-15-19;1-2-5-7(10)6(9)4(8)3-11-5;;/h1-15,20-21H,16H2;3-10H,2H2,1H3;;/q;-1;;/t;4-,5+,6+,7+;;/m.1../s1. The van der Waals surface area contributed by atoms with Crippen molar-refractivity contribution < 1.29 is 58.4 Å². The van der Waals surface area contributed by atoms with Crippen LogP contribution in [0.25, 0.3) is 0 Å². The van der Waals surface area contributed by atoms with Crippen LogP contribution in [0.3, 0.4) is 0 Å². The Morgan fingerprint density at radius 2 is 1.35 bits per heavy atom. The number of anilines is 1. The maximum absolute atomic E-state index is 12.9. The van der Waals surface area contributed by atoms with Gasteiger partial charge < -0.3 is 25.0 Å². The van der Waals surface area contributed by atoms with Crippen molar-refractivity contribution in [3.05, 3.63) is 109 Å². The number of para-hydroxylation sites is 1. The molecule has 2 saturated heterocycles. The topological polar surface area (TPSA) is 90.2 Å². The maximum Gasteiger partial charge on any atom is 0.233 e. The summed E-state index contributed by atoms with van der Waals surface area (Å²) in [6.07, 6.45) is -2.18. The normalized spacial score (nSPS) is 26.5. The molecular formula is C29H32Co2NO5-. The first-order valence-corrected chi connectivity index (χ1v) is 12.0. The van der Waals surface area contributed by atoms with Crippen molar-refractivity contribution in [2.75, 3.05) is 4.90 Å². The Hall–Kier alpha value is -2.02. The van der Waals surface area contributed by atoms with Gasteiger partial charge in [-0.2, -0.15) is 6.61 Å². The fourth-order valence-electron chi connectivity index (χ4n) is 4.63. The van der Waals surface area contributed by atoms with Gasteiger partial charge in [0.05, 0.1) is 24.2 Å². The number of β-lactam (4-membered cyclic amide) rings is 1. The van der Waals surface area contributed by atoms with Crippen LogP contribution in [0.2, 0.25) is 0 Å². The van der Waals surface area contributed by atoms with Gasteiger partial charge in [0.1, 0.15) is 6.10 Å². The summed E-state index contributed by atoms with van der Waals surface area (Å²) in [6.45, 7) is 3.00. The Morgan fingerprint density at radius 1 is 0.811 bits per heavy atom. The molecule has 5 rings (SSSR count). The molecule has 2 aliphatic rings. The fourth-order valence-corrected chi connectivity index (χ4v) is 4.63. The van der Waals surface area contributed by atoms with Crippen molar-refractivity contribution in [2.45, 2.75) is 50.2 Å². The summed E-state index contributed by atoms with van der Waals surface area (Å²) in [4.78, 5) is 14.8. The van der Waals surface area contributed by atoms with E-state index >= 15 is 0 Å². The Labute approximate surface area is 239 Å². The molecule has 202 valence electrons. The van der Waals surface area contributed by atoms with Gasteiger partial charge in [-0.3, -0.25) is 4.79 Å². The summed E-state index contributed by atoms with van der Waals surface area (Å²) in [5, 5.41) is 27.4. The minimum atomic E-state index is -1.12. The molecule has 0 aliphatic carbocycles. The first kappa shape index (κ1) is 31.2. The maximum atomic E-state index is 12.9. The van der Waals surface area contributed by atoms with Crippen molar-refractivity contribution in [1.29, 1.82) is 0 Å². The molecule has 1 amide bonds. The molecule has 2 unspecified atom stereocenters. The average Bonchev–Trinajstić information content (AvgIpc) is 2.91. The average molecular weight is 592 g/mol. The van der Waals surface area contributed by atoms with E-state index < -0.39 is 24.4 Å². The minimum absolute atomic E-state index is 0. The molecule has 3 aromatic rings. The van der Waals surface area contributed by atoms with Crippen LogP contribution in [-0.4, -0.2) is 45.6 Å². The third kappa shape index (κ3) is 7.30. The van der Waals surface area contributed by atoms with E-state index in [-0.39, 0.29) is 51.4 Å². The Bertz CT molecular complexity index is 1070. The smallest absolute Gasteiger partial charge is 0.233 e. The molecule has 0 saturated carbocycles. The molecule has 2 fully saturated rings. The van der Waals surface area contributed by atoms with Crippen LogP contribution in [0.5, 0.6) is 0 Å². The molecule has 8 heteroatoms. The first-order chi connectivity index (χ1) is 17.0. The van der Waals surface area contributed by atoms with E-state index in [2.05, 4.69) is 24.3 Å². The summed E-state index contributed by atoms with van der Waals surface area (Å²) in [6, 6.07) is 30.7. The van der Waals surface area contributed by atoms with Gasteiger partial charge >= 0.3 is 0 Å². The van der Waals surface area contributed by atoms with Crippen LogP contribution in [0.15, 0.2) is 91.0 Å². The number of carbonyl (C=O) groups is 1. The zero-order valence-electron chi connectivity index (χ0n) is 20.4. The zero-order valence-corrected chi connectivity index (χ0v) is 22.5. The van der Waals surface area contributed by atoms with Gasteiger partial charge in [-0.05, 0) is 42.2 Å². The van der Waals surface area contributed by atoms with E-state index in [1.54, 1.807) is 0 Å². The Balaban J connectivity index is 0.000000317. The van der Waals surface area contributed by atoms with Crippen molar-refractivity contribution in [2.24, 2.45) is 5.92 Å². The number of hydrogen-bond acceptors (Lipinski definition) is 5. The van der Waals surface area contributed by atoms with Gasteiger partial charge in [-0.1, -0.05) is 85.8 Å². The van der Waals surface area contributed by atoms with Crippen molar-refractivity contribution in [1.82, 2.24) is 0 Å². The van der Waals surface area contributed by atoms with Crippen LogP contribution in [0, 0.1) is 12.5 Å². The summed E-state index contributed by atoms with van der Waals surface area (Å²) in [5.74, 6) is 0.203. The van der Waals surface area contributed by atoms with E-state index in [4.69, 9.17) is 14.9 Å². The predicted octanol–water partition coefficient (Wildman–Crippen LogP) is 3.67. The summed E-state index contributed by atoms with van der Waals surface area (Å²) in [5.41, 5.74) is 3.38. The number of carbonyl (C=O) groups excluding carboxylic acids is 1. The molecule has 0 aromatic heterocycles. The molecule has 3 N–H and O–H groups in total. The second kappa shape index (κ2) is 14.8. The molecule has 0 spiro atoms. The number of hydrogen-bond donors (Lipinski definition) is 3. The van der Waals surface area contributed by atoms with Crippen molar-refractivity contribution in [3.63, 3.8) is 0 Å². The van der Waals surface area contributed by atoms with E-state index in [0.29, 0.717) is 6.42 Å². The van der Waals surface area contributed by atoms with E-state index in [9.17, 15) is 9.90 Å². The molecular weight excluding hydrogens is 560 g/mol. The molecule has 6 nitrogen and oxygen atoms in total. The molecule has 2 heterocycles. The van der Waals surface area contributed by atoms with Crippen LogP contribution >= 0.6 is 0 Å². The zero-order chi connectivity index (χ0) is 24.8. The first-order valence-electron chi connectivity index (χ1n) is 12.0. The van der Waals surface area contributed by atoms with Gasteiger partial charge in [0.2, 0.25) is 5.91 Å². The molecule has 6 atom stereocenters. The third-order valence-electron chi connectivity index (χ3n) is 6.56. The van der Waals surface area contributed by atoms with Gasteiger partial charge in [0, 0.05) is 39.2 Å².